The van der Waals surface area contributed by atoms with Gasteiger partial charge in [0, 0.05) is 12.6 Å². The van der Waals surface area contributed by atoms with E-state index in [0.29, 0.717) is 29.3 Å². The van der Waals surface area contributed by atoms with Gasteiger partial charge in [0.05, 0.1) is 17.2 Å². The number of nitrogens with zero attached hydrogens (tertiary/aromatic N) is 4. The molecule has 1 unspecified atom stereocenters. The molecule has 3 heterocycles. The zero-order valence-electron chi connectivity index (χ0n) is 18.0. The van der Waals surface area contributed by atoms with Crippen LogP contribution in [-0.2, 0) is 0 Å². The minimum absolute atomic E-state index is 0.0370. The molecule has 6 nitrogen and oxygen atoms in total. The van der Waals surface area contributed by atoms with Gasteiger partial charge in [-0.05, 0) is 37.8 Å². The molecule has 31 heavy (non-hydrogen) atoms. The summed E-state index contributed by atoms with van der Waals surface area (Å²) in [4.78, 5) is 30.5. The van der Waals surface area contributed by atoms with Crippen LogP contribution in [0.5, 0.6) is 0 Å². The summed E-state index contributed by atoms with van der Waals surface area (Å²) in [6.45, 7) is 3.78. The smallest absolute Gasteiger partial charge is 0.225 e. The highest BCUT2D eigenvalue weighted by molar-refractivity contribution is 7.18. The molecule has 0 aliphatic heterocycles. The van der Waals surface area contributed by atoms with Crippen LogP contribution in [0.25, 0.3) is 10.3 Å². The maximum Gasteiger partial charge on any atom is 0.225 e. The van der Waals surface area contributed by atoms with E-state index in [1.165, 1.54) is 55.7 Å². The van der Waals surface area contributed by atoms with Crippen molar-refractivity contribution in [2.75, 3.05) is 5.32 Å². The number of thiazole rings is 1. The van der Waals surface area contributed by atoms with Gasteiger partial charge >= 0.3 is 0 Å². The Labute approximate surface area is 185 Å². The number of nitrogens with one attached hydrogen (secondary N) is 1. The third kappa shape index (κ3) is 5.42. The van der Waals surface area contributed by atoms with E-state index in [4.69, 9.17) is 0 Å². The van der Waals surface area contributed by atoms with Crippen LogP contribution in [0.1, 0.15) is 85.4 Å². The lowest BCUT2D eigenvalue weighted by atomic mass is 9.85. The van der Waals surface area contributed by atoms with Crippen LogP contribution in [-0.4, -0.2) is 25.7 Å². The van der Waals surface area contributed by atoms with Crippen LogP contribution < -0.4 is 5.32 Å². The topological polar surface area (TPSA) is 80.7 Å². The van der Waals surface area contributed by atoms with E-state index in [-0.39, 0.29) is 11.8 Å². The van der Waals surface area contributed by atoms with Crippen molar-refractivity contribution in [2.24, 2.45) is 5.92 Å². The van der Waals surface area contributed by atoms with Gasteiger partial charge in [0.15, 0.2) is 11.4 Å². The number of anilines is 1. The third-order valence-corrected chi connectivity index (χ3v) is 6.90. The van der Waals surface area contributed by atoms with Crippen molar-refractivity contribution in [1.29, 1.82) is 0 Å². The first-order chi connectivity index (χ1) is 15.0. The molecule has 0 spiro atoms. The highest BCUT2D eigenvalue weighted by Gasteiger charge is 2.20. The summed E-state index contributed by atoms with van der Waals surface area (Å²) in [6.07, 6.45) is 11.8. The van der Waals surface area contributed by atoms with Gasteiger partial charge in [-0.25, -0.2) is 14.4 Å². The summed E-state index contributed by atoms with van der Waals surface area (Å²) >= 11 is 1.45. The number of aromatic nitrogens is 4. The zero-order chi connectivity index (χ0) is 21.8. The average molecular weight is 442 g/mol. The van der Waals surface area contributed by atoms with Gasteiger partial charge in [0.1, 0.15) is 16.2 Å². The van der Waals surface area contributed by atoms with E-state index < -0.39 is 5.82 Å². The predicted octanol–water partition coefficient (Wildman–Crippen LogP) is 6.04. The monoisotopic (exact) mass is 441 g/mol. The molecule has 1 N–H and O–H groups in total. The normalized spacial score (nSPS) is 15.8. The van der Waals surface area contributed by atoms with Crippen molar-refractivity contribution in [3.8, 4) is 0 Å². The first kappa shape index (κ1) is 21.7. The van der Waals surface area contributed by atoms with Crippen molar-refractivity contribution >= 4 is 33.4 Å². The van der Waals surface area contributed by atoms with Gasteiger partial charge in [-0.15, -0.1) is 11.3 Å². The van der Waals surface area contributed by atoms with Crippen LogP contribution in [0.2, 0.25) is 0 Å². The Balaban J connectivity index is 1.50. The average Bonchev–Trinajstić information content (AvgIpc) is 3.13. The molecule has 3 aromatic heterocycles. The molecule has 1 aliphatic carbocycles. The molecule has 0 bridgehead atoms. The number of aryl methyl sites for hydroxylation is 1. The second-order valence-corrected chi connectivity index (χ2v) is 9.61. The fourth-order valence-corrected chi connectivity index (χ4v) is 5.14. The first-order valence-electron chi connectivity index (χ1n) is 11.0. The Morgan fingerprint density at radius 3 is 2.81 bits per heavy atom. The van der Waals surface area contributed by atoms with E-state index in [9.17, 15) is 9.18 Å². The number of Topliss-reactive ketones (excluding diaryl/α,β-unsaturated/α-hetero) is 1. The summed E-state index contributed by atoms with van der Waals surface area (Å²) in [5.41, 5.74) is 1.64. The Kier molecular flexibility index (Phi) is 6.85. The maximum absolute atomic E-state index is 13.5. The molecule has 1 fully saturated rings. The van der Waals surface area contributed by atoms with E-state index in [1.807, 2.05) is 13.8 Å². The van der Waals surface area contributed by atoms with Crippen molar-refractivity contribution in [3.05, 3.63) is 40.5 Å². The Hall–Kier alpha value is -2.48. The van der Waals surface area contributed by atoms with Gasteiger partial charge in [0.2, 0.25) is 5.95 Å². The number of hydrogen-bond acceptors (Lipinski definition) is 7. The van der Waals surface area contributed by atoms with E-state index >= 15 is 0 Å². The molecular formula is C23H28FN5OS. The Morgan fingerprint density at radius 1 is 1.23 bits per heavy atom. The van der Waals surface area contributed by atoms with E-state index in [2.05, 4.69) is 25.3 Å². The molecule has 0 saturated heterocycles. The van der Waals surface area contributed by atoms with Crippen LogP contribution in [0.15, 0.2) is 18.5 Å². The van der Waals surface area contributed by atoms with Gasteiger partial charge in [0.25, 0.3) is 0 Å². The highest BCUT2D eigenvalue weighted by atomic mass is 32.1. The molecule has 1 aliphatic rings. The zero-order valence-corrected chi connectivity index (χ0v) is 18.8. The standard InChI is InChI=1S/C23H28FN5OS/c1-14(17-11-18(24)13-25-12-17)26-23-28-20(21-22(29-23)27-15(2)31-21)19(30)10-6-9-16-7-4-3-5-8-16/h11-14,16H,3-10H2,1-2H3,(H,26,28,29). The van der Waals surface area contributed by atoms with Crippen molar-refractivity contribution in [3.63, 3.8) is 0 Å². The molecule has 164 valence electrons. The van der Waals surface area contributed by atoms with Crippen LogP contribution >= 0.6 is 11.3 Å². The van der Waals surface area contributed by atoms with Crippen LogP contribution in [0, 0.1) is 18.7 Å². The van der Waals surface area contributed by atoms with Gasteiger partial charge in [-0.3, -0.25) is 9.78 Å². The summed E-state index contributed by atoms with van der Waals surface area (Å²) in [7, 11) is 0. The SMILES string of the molecule is Cc1nc2nc(NC(C)c3cncc(F)c3)nc(C(=O)CCCC3CCCCC3)c2s1. The number of carbonyl (C=O) groups is 1. The van der Waals surface area contributed by atoms with Crippen molar-refractivity contribution in [2.45, 2.75) is 71.3 Å². The maximum atomic E-state index is 13.5. The second-order valence-electron chi connectivity index (χ2n) is 8.40. The quantitative estimate of drug-likeness (QED) is 0.430. The fraction of sp³-hybridized carbons (Fsp3) is 0.522. The first-order valence-corrected chi connectivity index (χ1v) is 11.9. The summed E-state index contributed by atoms with van der Waals surface area (Å²) in [6, 6.07) is 1.16. The molecule has 0 amide bonds. The predicted molar refractivity (Wildman–Crippen MR) is 121 cm³/mol. The lowest BCUT2D eigenvalue weighted by Gasteiger charge is -2.21. The van der Waals surface area contributed by atoms with Crippen LogP contribution in [0.3, 0.4) is 0 Å². The molecule has 1 saturated carbocycles. The van der Waals surface area contributed by atoms with Crippen molar-refractivity contribution < 1.29 is 9.18 Å². The number of rotatable bonds is 8. The lowest BCUT2D eigenvalue weighted by Crippen LogP contribution is -2.13. The second kappa shape index (κ2) is 9.77. The number of ketones is 1. The highest BCUT2D eigenvalue weighted by Crippen LogP contribution is 2.30. The molecular weight excluding hydrogens is 413 g/mol. The number of fused-ring (bicyclic) bond motifs is 1. The van der Waals surface area contributed by atoms with Gasteiger partial charge < -0.3 is 5.32 Å². The molecule has 8 heteroatoms. The Morgan fingerprint density at radius 2 is 2.03 bits per heavy atom. The summed E-state index contributed by atoms with van der Waals surface area (Å²) < 4.78 is 14.3. The molecule has 3 aromatic rings. The van der Waals surface area contributed by atoms with Crippen LogP contribution in [0.4, 0.5) is 10.3 Å². The number of carbonyl (C=O) groups excluding carboxylic acids is 1. The molecule has 0 aromatic carbocycles. The number of pyridine rings is 1. The number of halogens is 1. The molecule has 4 rings (SSSR count). The van der Waals surface area contributed by atoms with Gasteiger partial charge in [-0.2, -0.15) is 4.98 Å². The molecule has 0 radical (unpaired) electrons. The number of hydrogen-bond donors (Lipinski definition) is 1. The van der Waals surface area contributed by atoms with E-state index in [1.54, 1.807) is 6.20 Å². The van der Waals surface area contributed by atoms with Crippen molar-refractivity contribution in [1.82, 2.24) is 19.9 Å². The minimum atomic E-state index is -0.397. The molecule has 1 atom stereocenters. The minimum Gasteiger partial charge on any atom is -0.348 e. The summed E-state index contributed by atoms with van der Waals surface area (Å²) in [5, 5.41) is 4.02. The lowest BCUT2D eigenvalue weighted by molar-refractivity contribution is 0.0973. The summed E-state index contributed by atoms with van der Waals surface area (Å²) in [5.74, 6) is 0.724. The Bertz CT molecular complexity index is 1060. The van der Waals surface area contributed by atoms with Gasteiger partial charge in [-0.1, -0.05) is 38.5 Å². The largest absolute Gasteiger partial charge is 0.348 e. The van der Waals surface area contributed by atoms with E-state index in [0.717, 1.165) is 28.5 Å². The fourth-order valence-electron chi connectivity index (χ4n) is 4.27. The third-order valence-electron chi connectivity index (χ3n) is 5.94.